The van der Waals surface area contributed by atoms with Gasteiger partial charge in [0.15, 0.2) is 0 Å². The highest BCUT2D eigenvalue weighted by Crippen LogP contribution is 2.26. The van der Waals surface area contributed by atoms with Gasteiger partial charge in [0, 0.05) is 29.1 Å². The predicted octanol–water partition coefficient (Wildman–Crippen LogP) is 5.57. The van der Waals surface area contributed by atoms with Gasteiger partial charge in [-0.1, -0.05) is 48.5 Å². The maximum atomic E-state index is 10.9. The van der Waals surface area contributed by atoms with E-state index in [0.29, 0.717) is 11.3 Å². The zero-order valence-electron chi connectivity index (χ0n) is 19.2. The second kappa shape index (κ2) is 10.4. The van der Waals surface area contributed by atoms with E-state index in [-0.39, 0.29) is 29.3 Å². The molecule has 0 aliphatic heterocycles. The highest BCUT2D eigenvalue weighted by atomic mass is 16.6. The fraction of sp³-hybridized carbons (Fsp3) is 0. The van der Waals surface area contributed by atoms with Crippen LogP contribution in [0.15, 0.2) is 96.1 Å². The first-order valence-corrected chi connectivity index (χ1v) is 11.1. The van der Waals surface area contributed by atoms with Crippen LogP contribution in [0.1, 0.15) is 5.56 Å². The van der Waals surface area contributed by atoms with E-state index in [9.17, 15) is 15.2 Å². The monoisotopic (exact) mass is 492 g/mol. The number of phenols is 1. The average Bonchev–Trinajstić information content (AvgIpc) is 2.91. The van der Waals surface area contributed by atoms with Crippen LogP contribution in [0, 0.1) is 10.1 Å². The Balaban J connectivity index is 1.43. The van der Waals surface area contributed by atoms with Gasteiger partial charge in [-0.3, -0.25) is 10.1 Å². The number of aromatic hydroxyl groups is 1. The molecule has 0 bridgehead atoms. The topological polar surface area (TPSA) is 150 Å². The minimum atomic E-state index is -0.470. The number of para-hydroxylation sites is 1. The first kappa shape index (κ1) is 23.2. The Kier molecular flexibility index (Phi) is 6.49. The molecule has 0 unspecified atom stereocenters. The molecule has 0 spiro atoms. The van der Waals surface area contributed by atoms with Crippen molar-refractivity contribution in [2.24, 2.45) is 5.10 Å². The largest absolute Gasteiger partial charge is 0.507 e. The molecular weight excluding hydrogens is 472 g/mol. The number of nitrogens with one attached hydrogen (secondary N) is 3. The summed E-state index contributed by atoms with van der Waals surface area (Å²) in [7, 11) is 0. The summed E-state index contributed by atoms with van der Waals surface area (Å²) in [6, 6.07) is 26.3. The lowest BCUT2D eigenvalue weighted by molar-refractivity contribution is -0.384. The van der Waals surface area contributed by atoms with E-state index in [1.807, 2.05) is 60.7 Å². The van der Waals surface area contributed by atoms with Crippen LogP contribution in [0.25, 0.3) is 10.8 Å². The van der Waals surface area contributed by atoms with E-state index in [1.54, 1.807) is 18.2 Å². The van der Waals surface area contributed by atoms with Gasteiger partial charge < -0.3 is 15.7 Å². The summed E-state index contributed by atoms with van der Waals surface area (Å²) in [5.74, 6) is 0.657. The van der Waals surface area contributed by atoms with Crippen LogP contribution in [0.4, 0.5) is 34.9 Å². The Labute approximate surface area is 210 Å². The van der Waals surface area contributed by atoms with Crippen LogP contribution < -0.4 is 16.1 Å². The maximum Gasteiger partial charge on any atom is 0.269 e. The van der Waals surface area contributed by atoms with Crippen LogP contribution in [-0.2, 0) is 0 Å². The zero-order chi connectivity index (χ0) is 25.6. The second-order valence-corrected chi connectivity index (χ2v) is 7.82. The smallest absolute Gasteiger partial charge is 0.269 e. The molecule has 0 saturated heterocycles. The Morgan fingerprint density at radius 2 is 1.38 bits per heavy atom. The van der Waals surface area contributed by atoms with Crippen molar-refractivity contribution in [3.8, 4) is 5.75 Å². The number of hydrogen-bond donors (Lipinski definition) is 4. The lowest BCUT2D eigenvalue weighted by atomic mass is 10.0. The fourth-order valence-electron chi connectivity index (χ4n) is 3.56. The van der Waals surface area contributed by atoms with Gasteiger partial charge in [0.1, 0.15) is 5.75 Å². The lowest BCUT2D eigenvalue weighted by Gasteiger charge is -2.10. The molecular formula is C26H20N8O3. The molecule has 1 heterocycles. The second-order valence-electron chi connectivity index (χ2n) is 7.82. The summed E-state index contributed by atoms with van der Waals surface area (Å²) >= 11 is 0. The third kappa shape index (κ3) is 5.57. The van der Waals surface area contributed by atoms with Gasteiger partial charge in [-0.05, 0) is 41.1 Å². The fourth-order valence-corrected chi connectivity index (χ4v) is 3.56. The van der Waals surface area contributed by atoms with Crippen molar-refractivity contribution in [3.63, 3.8) is 0 Å². The Morgan fingerprint density at radius 1 is 0.757 bits per heavy atom. The van der Waals surface area contributed by atoms with Crippen molar-refractivity contribution in [2.45, 2.75) is 0 Å². The number of hydrazone groups is 1. The molecule has 4 N–H and O–H groups in total. The highest BCUT2D eigenvalue weighted by molar-refractivity contribution is 6.02. The van der Waals surface area contributed by atoms with Crippen LogP contribution in [-0.4, -0.2) is 31.2 Å². The molecule has 0 aliphatic rings. The van der Waals surface area contributed by atoms with E-state index in [0.717, 1.165) is 16.5 Å². The van der Waals surface area contributed by atoms with E-state index >= 15 is 0 Å². The molecule has 0 saturated carbocycles. The van der Waals surface area contributed by atoms with E-state index < -0.39 is 4.92 Å². The highest BCUT2D eigenvalue weighted by Gasteiger charge is 2.10. The number of rotatable bonds is 8. The minimum Gasteiger partial charge on any atom is -0.507 e. The van der Waals surface area contributed by atoms with Gasteiger partial charge in [0.05, 0.1) is 11.1 Å². The first-order chi connectivity index (χ1) is 18.0. The Hall–Kier alpha value is -5.58. The molecule has 4 aromatic carbocycles. The van der Waals surface area contributed by atoms with Crippen molar-refractivity contribution in [1.29, 1.82) is 0 Å². The quantitative estimate of drug-likeness (QED) is 0.124. The van der Waals surface area contributed by atoms with Gasteiger partial charge in [0.2, 0.25) is 17.8 Å². The number of benzene rings is 4. The van der Waals surface area contributed by atoms with Crippen molar-refractivity contribution >= 4 is 51.9 Å². The molecule has 0 fully saturated rings. The molecule has 0 amide bonds. The number of nitrogens with zero attached hydrogens (tertiary/aromatic N) is 5. The summed E-state index contributed by atoms with van der Waals surface area (Å²) in [5.41, 5.74) is 4.63. The van der Waals surface area contributed by atoms with Gasteiger partial charge in [-0.15, -0.1) is 0 Å². The standard InChI is InChI=1S/C26H20N8O3/c35-23-15-10-17-6-4-5-9-21(17)22(23)16-27-33-26-31-24(28-18-7-2-1-3-8-18)30-25(32-26)29-19-11-13-20(14-12-19)34(36)37/h1-16,35H,(H3,28,29,30,31,32,33)/b27-16+. The normalized spacial score (nSPS) is 10.9. The SMILES string of the molecule is O=[N+]([O-])c1ccc(Nc2nc(N/N=C/c3c(O)ccc4ccccc34)nc(Nc3ccccc3)n2)cc1. The lowest BCUT2D eigenvalue weighted by Crippen LogP contribution is -2.07. The van der Waals surface area contributed by atoms with E-state index in [4.69, 9.17) is 0 Å². The molecule has 0 aliphatic carbocycles. The molecule has 11 nitrogen and oxygen atoms in total. The number of non-ortho nitro benzene ring substituents is 1. The molecule has 0 radical (unpaired) electrons. The number of fused-ring (bicyclic) bond motifs is 1. The summed E-state index contributed by atoms with van der Waals surface area (Å²) in [5, 5.41) is 33.5. The van der Waals surface area contributed by atoms with Crippen LogP contribution in [0.5, 0.6) is 5.75 Å². The third-order valence-corrected chi connectivity index (χ3v) is 5.31. The van der Waals surface area contributed by atoms with E-state index in [2.05, 4.69) is 36.1 Å². The summed E-state index contributed by atoms with van der Waals surface area (Å²) < 4.78 is 0. The van der Waals surface area contributed by atoms with Crippen molar-refractivity contribution in [2.75, 3.05) is 16.1 Å². The summed E-state index contributed by atoms with van der Waals surface area (Å²) in [4.78, 5) is 23.6. The molecule has 0 atom stereocenters. The zero-order valence-corrected chi connectivity index (χ0v) is 19.2. The van der Waals surface area contributed by atoms with Gasteiger partial charge >= 0.3 is 0 Å². The van der Waals surface area contributed by atoms with Gasteiger partial charge in [-0.2, -0.15) is 20.1 Å². The van der Waals surface area contributed by atoms with Gasteiger partial charge in [-0.25, -0.2) is 5.43 Å². The molecule has 37 heavy (non-hydrogen) atoms. The van der Waals surface area contributed by atoms with Crippen LogP contribution >= 0.6 is 0 Å². The molecule has 5 rings (SSSR count). The minimum absolute atomic E-state index is 0.0268. The van der Waals surface area contributed by atoms with Gasteiger partial charge in [0.25, 0.3) is 5.69 Å². The number of phenolic OH excluding ortho intramolecular Hbond substituents is 1. The van der Waals surface area contributed by atoms with Crippen LogP contribution in [0.3, 0.4) is 0 Å². The first-order valence-electron chi connectivity index (χ1n) is 11.1. The number of anilines is 5. The number of nitro groups is 1. The molecule has 11 heteroatoms. The summed E-state index contributed by atoms with van der Waals surface area (Å²) in [6.45, 7) is 0. The number of aromatic nitrogens is 3. The predicted molar refractivity (Wildman–Crippen MR) is 143 cm³/mol. The molecule has 5 aromatic rings. The Bertz CT molecular complexity index is 1590. The average molecular weight is 492 g/mol. The summed E-state index contributed by atoms with van der Waals surface area (Å²) in [6.07, 6.45) is 1.50. The molecule has 1 aromatic heterocycles. The van der Waals surface area contributed by atoms with Crippen molar-refractivity contribution < 1.29 is 10.0 Å². The van der Waals surface area contributed by atoms with Crippen molar-refractivity contribution in [1.82, 2.24) is 15.0 Å². The van der Waals surface area contributed by atoms with Crippen LogP contribution in [0.2, 0.25) is 0 Å². The Morgan fingerprint density at radius 3 is 2.08 bits per heavy atom. The number of hydrogen-bond acceptors (Lipinski definition) is 10. The van der Waals surface area contributed by atoms with Crippen molar-refractivity contribution in [3.05, 3.63) is 107 Å². The third-order valence-electron chi connectivity index (χ3n) is 5.31. The molecule has 182 valence electrons. The van der Waals surface area contributed by atoms with E-state index in [1.165, 1.54) is 18.3 Å². The maximum absolute atomic E-state index is 10.9. The number of nitro benzene ring substituents is 1.